The van der Waals surface area contributed by atoms with Gasteiger partial charge in [0, 0.05) is 10.9 Å². The molecule has 0 aliphatic carbocycles. The molecule has 0 saturated carbocycles. The largest absolute Gasteiger partial charge is 0.309 e. The minimum absolute atomic E-state index is 0.383. The fourth-order valence-corrected chi connectivity index (χ4v) is 3.16. The fraction of sp³-hybridized carbons (Fsp3) is 0.438. The van der Waals surface area contributed by atoms with Crippen LogP contribution < -0.4 is 5.32 Å². The van der Waals surface area contributed by atoms with Crippen LogP contribution in [0.25, 0.3) is 0 Å². The summed E-state index contributed by atoms with van der Waals surface area (Å²) in [7, 11) is 0. The van der Waals surface area contributed by atoms with Crippen LogP contribution >= 0.6 is 11.3 Å². The van der Waals surface area contributed by atoms with Gasteiger partial charge in [-0.05, 0) is 44.4 Å². The van der Waals surface area contributed by atoms with Gasteiger partial charge in [0.05, 0.1) is 11.2 Å². The zero-order chi connectivity index (χ0) is 13.7. The Hall–Kier alpha value is -1.19. The quantitative estimate of drug-likeness (QED) is 0.860. The van der Waals surface area contributed by atoms with Crippen LogP contribution in [0.1, 0.15) is 41.1 Å². The first kappa shape index (κ1) is 14.2. The van der Waals surface area contributed by atoms with Crippen LogP contribution in [0.15, 0.2) is 29.8 Å². The van der Waals surface area contributed by atoms with Gasteiger partial charge in [-0.3, -0.25) is 0 Å². The zero-order valence-electron chi connectivity index (χ0n) is 11.9. The Bertz CT molecular complexity index is 519. The lowest BCUT2D eigenvalue weighted by Gasteiger charge is -2.19. The molecule has 1 aromatic heterocycles. The van der Waals surface area contributed by atoms with Crippen LogP contribution in [0.2, 0.25) is 0 Å². The lowest BCUT2D eigenvalue weighted by Crippen LogP contribution is -2.24. The highest BCUT2D eigenvalue weighted by Gasteiger charge is 2.16. The predicted molar refractivity (Wildman–Crippen MR) is 82.8 cm³/mol. The molecule has 1 heterocycles. The first-order valence-electron chi connectivity index (χ1n) is 6.90. The summed E-state index contributed by atoms with van der Waals surface area (Å²) < 4.78 is 0. The standard InChI is InChI=1S/C16H22N2S/c1-4-9-17-15(16-13(3)18-11-19-16)10-14-8-6-5-7-12(14)2/h5-8,11,15,17H,4,9-10H2,1-3H3. The minimum atomic E-state index is 0.383. The van der Waals surface area contributed by atoms with E-state index in [4.69, 9.17) is 0 Å². The van der Waals surface area contributed by atoms with Crippen LogP contribution in [0, 0.1) is 13.8 Å². The smallest absolute Gasteiger partial charge is 0.0798 e. The molecule has 0 aliphatic rings. The predicted octanol–water partition coefficient (Wildman–Crippen LogP) is 4.04. The Morgan fingerprint density at radius 2 is 2.05 bits per heavy atom. The molecule has 102 valence electrons. The van der Waals surface area contributed by atoms with Crippen molar-refractivity contribution < 1.29 is 0 Å². The van der Waals surface area contributed by atoms with E-state index in [9.17, 15) is 0 Å². The molecule has 2 rings (SSSR count). The average molecular weight is 274 g/mol. The molecule has 0 spiro atoms. The highest BCUT2D eigenvalue weighted by Crippen LogP contribution is 2.26. The van der Waals surface area contributed by atoms with E-state index in [2.05, 4.69) is 55.3 Å². The Kier molecular flexibility index (Phi) is 5.11. The molecule has 0 aliphatic heterocycles. The number of thiazole rings is 1. The summed E-state index contributed by atoms with van der Waals surface area (Å²) in [5.74, 6) is 0. The summed E-state index contributed by atoms with van der Waals surface area (Å²) in [5, 5.41) is 3.66. The van der Waals surface area contributed by atoms with E-state index < -0.39 is 0 Å². The Balaban J connectivity index is 2.19. The van der Waals surface area contributed by atoms with Crippen LogP contribution in [0.5, 0.6) is 0 Å². The molecule has 1 aromatic carbocycles. The SMILES string of the molecule is CCCNC(Cc1ccccc1C)c1scnc1C. The van der Waals surface area contributed by atoms with Crippen molar-refractivity contribution in [1.29, 1.82) is 0 Å². The first-order valence-corrected chi connectivity index (χ1v) is 7.78. The van der Waals surface area contributed by atoms with Gasteiger partial charge in [0.25, 0.3) is 0 Å². The van der Waals surface area contributed by atoms with Crippen LogP contribution in [-0.4, -0.2) is 11.5 Å². The first-order chi connectivity index (χ1) is 9.22. The van der Waals surface area contributed by atoms with Crippen molar-refractivity contribution >= 4 is 11.3 Å². The molecule has 1 atom stereocenters. The number of benzene rings is 1. The second-order valence-corrected chi connectivity index (χ2v) is 5.83. The monoisotopic (exact) mass is 274 g/mol. The van der Waals surface area contributed by atoms with Crippen molar-refractivity contribution in [2.24, 2.45) is 0 Å². The number of aryl methyl sites for hydroxylation is 2. The summed E-state index contributed by atoms with van der Waals surface area (Å²) in [6, 6.07) is 9.02. The van der Waals surface area contributed by atoms with Crippen molar-refractivity contribution in [3.8, 4) is 0 Å². The average Bonchev–Trinajstić information content (AvgIpc) is 2.83. The summed E-state index contributed by atoms with van der Waals surface area (Å²) >= 11 is 1.76. The van der Waals surface area contributed by atoms with Gasteiger partial charge >= 0.3 is 0 Å². The third-order valence-corrected chi connectivity index (χ3v) is 4.47. The van der Waals surface area contributed by atoms with Gasteiger partial charge in [0.1, 0.15) is 0 Å². The van der Waals surface area contributed by atoms with Crippen molar-refractivity contribution in [1.82, 2.24) is 10.3 Å². The molecule has 1 unspecified atom stereocenters. The number of hydrogen-bond acceptors (Lipinski definition) is 3. The van der Waals surface area contributed by atoms with Gasteiger partial charge in [0.15, 0.2) is 0 Å². The topological polar surface area (TPSA) is 24.9 Å². The van der Waals surface area contributed by atoms with E-state index in [1.807, 2.05) is 5.51 Å². The number of nitrogens with zero attached hydrogens (tertiary/aromatic N) is 1. The van der Waals surface area contributed by atoms with Gasteiger partial charge in [-0.2, -0.15) is 0 Å². The molecule has 0 bridgehead atoms. The van der Waals surface area contributed by atoms with E-state index in [0.29, 0.717) is 6.04 Å². The van der Waals surface area contributed by atoms with E-state index in [1.54, 1.807) is 11.3 Å². The molecule has 0 amide bonds. The van der Waals surface area contributed by atoms with Crippen molar-refractivity contribution in [2.45, 2.75) is 39.7 Å². The number of rotatable bonds is 6. The molecule has 2 aromatic rings. The second kappa shape index (κ2) is 6.83. The summed E-state index contributed by atoms with van der Waals surface area (Å²) in [5.41, 5.74) is 5.90. The summed E-state index contributed by atoms with van der Waals surface area (Å²) in [6.45, 7) is 7.54. The minimum Gasteiger partial charge on any atom is -0.309 e. The number of hydrogen-bond donors (Lipinski definition) is 1. The van der Waals surface area contributed by atoms with Crippen LogP contribution in [0.3, 0.4) is 0 Å². The molecule has 0 fully saturated rings. The van der Waals surface area contributed by atoms with Crippen molar-refractivity contribution in [2.75, 3.05) is 6.54 Å². The molecule has 0 saturated heterocycles. The van der Waals surface area contributed by atoms with Gasteiger partial charge in [-0.15, -0.1) is 11.3 Å². The van der Waals surface area contributed by atoms with Gasteiger partial charge < -0.3 is 5.32 Å². The molecule has 3 heteroatoms. The second-order valence-electron chi connectivity index (χ2n) is 4.94. The fourth-order valence-electron chi connectivity index (χ4n) is 2.28. The van der Waals surface area contributed by atoms with Crippen molar-refractivity contribution in [3.63, 3.8) is 0 Å². The summed E-state index contributed by atoms with van der Waals surface area (Å²) in [4.78, 5) is 5.76. The Morgan fingerprint density at radius 1 is 1.26 bits per heavy atom. The maximum atomic E-state index is 4.39. The maximum absolute atomic E-state index is 4.39. The van der Waals surface area contributed by atoms with E-state index in [1.165, 1.54) is 16.0 Å². The molecular formula is C16H22N2S. The highest BCUT2D eigenvalue weighted by atomic mass is 32.1. The molecular weight excluding hydrogens is 252 g/mol. The van der Waals surface area contributed by atoms with Crippen molar-refractivity contribution in [3.05, 3.63) is 51.5 Å². The third kappa shape index (κ3) is 3.64. The van der Waals surface area contributed by atoms with E-state index >= 15 is 0 Å². The van der Waals surface area contributed by atoms with E-state index in [-0.39, 0.29) is 0 Å². The Morgan fingerprint density at radius 3 is 2.68 bits per heavy atom. The molecule has 19 heavy (non-hydrogen) atoms. The Labute approximate surface area is 119 Å². The van der Waals surface area contributed by atoms with Crippen LogP contribution in [-0.2, 0) is 6.42 Å². The van der Waals surface area contributed by atoms with Gasteiger partial charge in [-0.1, -0.05) is 31.2 Å². The number of nitrogens with one attached hydrogen (secondary N) is 1. The normalized spacial score (nSPS) is 12.6. The van der Waals surface area contributed by atoms with Gasteiger partial charge in [-0.25, -0.2) is 4.98 Å². The van der Waals surface area contributed by atoms with Crippen LogP contribution in [0.4, 0.5) is 0 Å². The van der Waals surface area contributed by atoms with E-state index in [0.717, 1.165) is 25.1 Å². The third-order valence-electron chi connectivity index (χ3n) is 3.43. The maximum Gasteiger partial charge on any atom is 0.0798 e. The molecule has 1 N–H and O–H groups in total. The molecule has 2 nitrogen and oxygen atoms in total. The molecule has 0 radical (unpaired) electrons. The highest BCUT2D eigenvalue weighted by molar-refractivity contribution is 7.09. The van der Waals surface area contributed by atoms with Gasteiger partial charge in [0.2, 0.25) is 0 Å². The summed E-state index contributed by atoms with van der Waals surface area (Å²) in [6.07, 6.45) is 2.19. The number of aromatic nitrogens is 1. The zero-order valence-corrected chi connectivity index (χ0v) is 12.8. The lowest BCUT2D eigenvalue weighted by atomic mass is 9.99. The lowest BCUT2D eigenvalue weighted by molar-refractivity contribution is 0.533.